The van der Waals surface area contributed by atoms with Crippen molar-refractivity contribution in [3.63, 3.8) is 0 Å². The summed E-state index contributed by atoms with van der Waals surface area (Å²) in [6.07, 6.45) is 2.08. The summed E-state index contributed by atoms with van der Waals surface area (Å²) in [4.78, 5) is 2.07. The number of rotatable bonds is 5. The van der Waals surface area contributed by atoms with Gasteiger partial charge >= 0.3 is 0 Å². The first-order valence-electron chi connectivity index (χ1n) is 7.43. The largest absolute Gasteiger partial charge is 0.398 e. The molecule has 0 aromatic heterocycles. The zero-order valence-corrected chi connectivity index (χ0v) is 12.5. The van der Waals surface area contributed by atoms with Crippen molar-refractivity contribution in [3.05, 3.63) is 28.8 Å². The molecule has 2 rings (SSSR count). The molecular formula is C16H24FN3O. The number of benzene rings is 1. The van der Waals surface area contributed by atoms with E-state index in [4.69, 9.17) is 16.2 Å². The predicted molar refractivity (Wildman–Crippen MR) is 83.9 cm³/mol. The lowest BCUT2D eigenvalue weighted by atomic mass is 9.85. The van der Waals surface area contributed by atoms with Gasteiger partial charge in [-0.15, -0.1) is 0 Å². The summed E-state index contributed by atoms with van der Waals surface area (Å²) in [5.41, 5.74) is 9.80. The zero-order chi connectivity index (χ0) is 15.4. The summed E-state index contributed by atoms with van der Waals surface area (Å²) in [5, 5.41) is 16.1. The van der Waals surface area contributed by atoms with Gasteiger partial charge < -0.3 is 21.1 Å². The number of nitrogens with two attached hydrogens (primary N) is 1. The maximum atomic E-state index is 13.2. The number of nitrogens with zero attached hydrogens (tertiary/aromatic N) is 1. The summed E-state index contributed by atoms with van der Waals surface area (Å²) < 4.78 is 13.2. The lowest BCUT2D eigenvalue weighted by molar-refractivity contribution is 0.111. The number of hydrogen-bond acceptors (Lipinski definition) is 4. The van der Waals surface area contributed by atoms with E-state index >= 15 is 0 Å². The molecule has 1 saturated heterocycles. The summed E-state index contributed by atoms with van der Waals surface area (Å²) in [6.45, 7) is 3.66. The van der Waals surface area contributed by atoms with Gasteiger partial charge in [0.25, 0.3) is 0 Å². The second-order valence-electron chi connectivity index (χ2n) is 5.84. The molecule has 1 atom stereocenters. The highest BCUT2D eigenvalue weighted by molar-refractivity contribution is 5.85. The second-order valence-corrected chi connectivity index (χ2v) is 5.84. The molecular weight excluding hydrogens is 269 g/mol. The number of aliphatic hydroxyl groups is 1. The molecule has 21 heavy (non-hydrogen) atoms. The van der Waals surface area contributed by atoms with Crippen LogP contribution in [0, 0.1) is 12.3 Å². The summed E-state index contributed by atoms with van der Waals surface area (Å²) >= 11 is 0. The third kappa shape index (κ3) is 3.80. The van der Waals surface area contributed by atoms with E-state index in [2.05, 4.69) is 11.8 Å². The maximum Gasteiger partial charge on any atom is 0.136 e. The van der Waals surface area contributed by atoms with Crippen LogP contribution >= 0.6 is 0 Å². The van der Waals surface area contributed by atoms with Gasteiger partial charge in [0.05, 0.1) is 6.61 Å². The Morgan fingerprint density at radius 2 is 2.14 bits per heavy atom. The smallest absolute Gasteiger partial charge is 0.136 e. The van der Waals surface area contributed by atoms with Crippen molar-refractivity contribution < 1.29 is 9.50 Å². The molecule has 0 saturated carbocycles. The van der Waals surface area contributed by atoms with E-state index in [-0.39, 0.29) is 0 Å². The van der Waals surface area contributed by atoms with Gasteiger partial charge in [-0.25, -0.2) is 4.39 Å². The van der Waals surface area contributed by atoms with E-state index in [0.717, 1.165) is 31.5 Å². The molecule has 0 aliphatic carbocycles. The fraction of sp³-hybridized carbons (Fsp3) is 0.562. The van der Waals surface area contributed by atoms with E-state index in [0.29, 0.717) is 18.2 Å². The first-order valence-corrected chi connectivity index (χ1v) is 7.43. The van der Waals surface area contributed by atoms with Crippen molar-refractivity contribution >= 4 is 11.9 Å². The van der Waals surface area contributed by atoms with Crippen LogP contribution < -0.4 is 5.73 Å². The van der Waals surface area contributed by atoms with Gasteiger partial charge in [-0.05, 0) is 62.0 Å². The van der Waals surface area contributed by atoms with Gasteiger partial charge in [0.2, 0.25) is 0 Å². The second kappa shape index (κ2) is 7.00. The van der Waals surface area contributed by atoms with Gasteiger partial charge in [0, 0.05) is 24.0 Å². The summed E-state index contributed by atoms with van der Waals surface area (Å²) in [7, 11) is 0. The SMILES string of the molecule is Cc1cc(C=N)c(N)cc1C1CCN(CC(F)CO)CC1. The highest BCUT2D eigenvalue weighted by Gasteiger charge is 2.23. The van der Waals surface area contributed by atoms with Gasteiger partial charge in [-0.3, -0.25) is 0 Å². The maximum absolute atomic E-state index is 13.2. The fourth-order valence-corrected chi connectivity index (χ4v) is 3.09. The van der Waals surface area contributed by atoms with E-state index < -0.39 is 12.8 Å². The monoisotopic (exact) mass is 293 g/mol. The van der Waals surface area contributed by atoms with Crippen LogP contribution in [-0.4, -0.2) is 48.6 Å². The predicted octanol–water partition coefficient (Wildman–Crippen LogP) is 2.08. The quantitative estimate of drug-likeness (QED) is 0.575. The van der Waals surface area contributed by atoms with Crippen molar-refractivity contribution in [1.82, 2.24) is 4.90 Å². The number of hydrogen-bond donors (Lipinski definition) is 3. The van der Waals surface area contributed by atoms with Gasteiger partial charge in [0.1, 0.15) is 6.17 Å². The van der Waals surface area contributed by atoms with E-state index in [1.54, 1.807) is 0 Å². The minimum Gasteiger partial charge on any atom is -0.398 e. The Morgan fingerprint density at radius 1 is 1.48 bits per heavy atom. The highest BCUT2D eigenvalue weighted by atomic mass is 19.1. The van der Waals surface area contributed by atoms with Crippen LogP contribution in [0.5, 0.6) is 0 Å². The number of nitrogens with one attached hydrogen (secondary N) is 1. The Morgan fingerprint density at radius 3 is 2.71 bits per heavy atom. The number of aryl methyl sites for hydroxylation is 1. The Balaban J connectivity index is 2.02. The highest BCUT2D eigenvalue weighted by Crippen LogP contribution is 2.32. The Labute approximate surface area is 125 Å². The summed E-state index contributed by atoms with van der Waals surface area (Å²) in [6, 6.07) is 3.95. The minimum atomic E-state index is -1.15. The van der Waals surface area contributed by atoms with E-state index in [1.165, 1.54) is 17.3 Å². The molecule has 116 valence electrons. The van der Waals surface area contributed by atoms with Crippen molar-refractivity contribution in [2.24, 2.45) is 0 Å². The van der Waals surface area contributed by atoms with Crippen molar-refractivity contribution in [3.8, 4) is 0 Å². The number of piperidine rings is 1. The van der Waals surface area contributed by atoms with Crippen LogP contribution in [0.1, 0.15) is 35.4 Å². The zero-order valence-electron chi connectivity index (χ0n) is 12.5. The lowest BCUT2D eigenvalue weighted by Crippen LogP contribution is -2.38. The number of halogens is 1. The number of anilines is 1. The number of nitrogen functional groups attached to an aromatic ring is 1. The molecule has 1 unspecified atom stereocenters. The average molecular weight is 293 g/mol. The van der Waals surface area contributed by atoms with Crippen LogP contribution in [0.2, 0.25) is 0 Å². The molecule has 1 heterocycles. The molecule has 1 aromatic carbocycles. The average Bonchev–Trinajstić information content (AvgIpc) is 2.50. The first-order chi connectivity index (χ1) is 10.0. The van der Waals surface area contributed by atoms with Crippen LogP contribution in [0.4, 0.5) is 10.1 Å². The van der Waals surface area contributed by atoms with Gasteiger partial charge in [-0.1, -0.05) is 0 Å². The molecule has 4 nitrogen and oxygen atoms in total. The van der Waals surface area contributed by atoms with E-state index in [1.807, 2.05) is 12.1 Å². The van der Waals surface area contributed by atoms with Crippen LogP contribution in [-0.2, 0) is 0 Å². The Bertz CT molecular complexity index is 499. The number of alkyl halides is 1. The molecule has 0 spiro atoms. The van der Waals surface area contributed by atoms with Crippen molar-refractivity contribution in [1.29, 1.82) is 5.41 Å². The minimum absolute atomic E-state index is 0.317. The fourth-order valence-electron chi connectivity index (χ4n) is 3.09. The molecule has 4 N–H and O–H groups in total. The normalized spacial score (nSPS) is 18.6. The number of likely N-dealkylation sites (tertiary alicyclic amines) is 1. The van der Waals surface area contributed by atoms with E-state index in [9.17, 15) is 4.39 Å². The standard InChI is InChI=1S/C16H24FN3O/c1-11-6-13(8-18)16(19)7-15(11)12-2-4-20(5-3-12)9-14(17)10-21/h6-8,12,14,18,21H,2-5,9-10,19H2,1H3. The van der Waals surface area contributed by atoms with Gasteiger partial charge in [0.15, 0.2) is 0 Å². The number of aliphatic hydroxyl groups excluding tert-OH is 1. The molecule has 1 aliphatic rings. The third-order valence-corrected chi connectivity index (χ3v) is 4.31. The first kappa shape index (κ1) is 15.9. The molecule has 0 amide bonds. The van der Waals surface area contributed by atoms with Crippen LogP contribution in [0.25, 0.3) is 0 Å². The van der Waals surface area contributed by atoms with Crippen molar-refractivity contribution in [2.45, 2.75) is 31.9 Å². The van der Waals surface area contributed by atoms with Crippen LogP contribution in [0.15, 0.2) is 12.1 Å². The molecule has 1 aliphatic heterocycles. The van der Waals surface area contributed by atoms with Crippen LogP contribution in [0.3, 0.4) is 0 Å². The Kier molecular flexibility index (Phi) is 5.31. The van der Waals surface area contributed by atoms with Gasteiger partial charge in [-0.2, -0.15) is 0 Å². The molecule has 0 radical (unpaired) electrons. The molecule has 1 fully saturated rings. The molecule has 5 heteroatoms. The third-order valence-electron chi connectivity index (χ3n) is 4.31. The molecule has 0 bridgehead atoms. The lowest BCUT2D eigenvalue weighted by Gasteiger charge is -2.33. The molecule has 1 aromatic rings. The topological polar surface area (TPSA) is 73.3 Å². The Hall–Kier alpha value is -1.46. The summed E-state index contributed by atoms with van der Waals surface area (Å²) in [5.74, 6) is 0.440. The van der Waals surface area contributed by atoms with Crippen molar-refractivity contribution in [2.75, 3.05) is 32.0 Å².